The van der Waals surface area contributed by atoms with E-state index in [1.54, 1.807) is 6.08 Å². The molecule has 0 saturated carbocycles. The number of carbonyl (C=O) groups excluding carboxylic acids is 1. The molecule has 1 aliphatic rings. The zero-order chi connectivity index (χ0) is 15.7. The van der Waals surface area contributed by atoms with Crippen LogP contribution in [0.4, 0.5) is 0 Å². The maximum atomic E-state index is 11.8. The van der Waals surface area contributed by atoms with Gasteiger partial charge in [-0.15, -0.1) is 0 Å². The summed E-state index contributed by atoms with van der Waals surface area (Å²) in [7, 11) is 0. The highest BCUT2D eigenvalue weighted by Gasteiger charge is 2.22. The molecule has 5 heteroatoms. The second-order valence-corrected chi connectivity index (χ2v) is 4.97. The fraction of sp³-hybridized carbons (Fsp3) is 0.667. The van der Waals surface area contributed by atoms with E-state index < -0.39 is 0 Å². The molecule has 1 heterocycles. The lowest BCUT2D eigenvalue weighted by Gasteiger charge is -2.36. The minimum atomic E-state index is 0.0623. The molecule has 1 saturated heterocycles. The third-order valence-corrected chi connectivity index (χ3v) is 2.97. The summed E-state index contributed by atoms with van der Waals surface area (Å²) < 4.78 is 0. The molecule has 20 heavy (non-hydrogen) atoms. The van der Waals surface area contributed by atoms with Crippen molar-refractivity contribution in [3.05, 3.63) is 23.7 Å². The van der Waals surface area contributed by atoms with Crippen molar-refractivity contribution < 1.29 is 4.79 Å². The number of rotatable bonds is 3. The summed E-state index contributed by atoms with van der Waals surface area (Å²) in [6, 6.07) is 0. The second-order valence-electron chi connectivity index (χ2n) is 4.97. The molecule has 0 bridgehead atoms. The van der Waals surface area contributed by atoms with Crippen molar-refractivity contribution >= 4 is 5.91 Å². The minimum Gasteiger partial charge on any atom is -0.402 e. The molecule has 1 amide bonds. The van der Waals surface area contributed by atoms with Gasteiger partial charge in [0.25, 0.3) is 0 Å². The zero-order valence-electron chi connectivity index (χ0n) is 13.5. The Morgan fingerprint density at radius 3 is 1.85 bits per heavy atom. The molecule has 4 N–H and O–H groups in total. The molecule has 0 spiro atoms. The van der Waals surface area contributed by atoms with Crippen LogP contribution in [0.5, 0.6) is 0 Å². The number of hydrogen-bond donors (Lipinski definition) is 2. The average molecular weight is 282 g/mol. The Hall–Kier alpha value is -1.65. The number of hydrogen-bond acceptors (Lipinski definition) is 4. The van der Waals surface area contributed by atoms with Gasteiger partial charge in [-0.1, -0.05) is 27.7 Å². The fourth-order valence-electron chi connectivity index (χ4n) is 1.87. The molecule has 5 nitrogen and oxygen atoms in total. The van der Waals surface area contributed by atoms with Crippen LogP contribution in [0.3, 0.4) is 0 Å². The summed E-state index contributed by atoms with van der Waals surface area (Å²) in [4.78, 5) is 15.8. The predicted molar refractivity (Wildman–Crippen MR) is 84.6 cm³/mol. The highest BCUT2D eigenvalue weighted by molar-refractivity contribution is 5.78. The largest absolute Gasteiger partial charge is 0.402 e. The van der Waals surface area contributed by atoms with Crippen LogP contribution >= 0.6 is 0 Å². The van der Waals surface area contributed by atoms with E-state index in [-0.39, 0.29) is 11.8 Å². The van der Waals surface area contributed by atoms with Gasteiger partial charge in [-0.25, -0.2) is 0 Å². The zero-order valence-corrected chi connectivity index (χ0v) is 13.5. The van der Waals surface area contributed by atoms with Crippen LogP contribution in [0.2, 0.25) is 0 Å². The van der Waals surface area contributed by atoms with E-state index in [4.69, 9.17) is 11.5 Å². The van der Waals surface area contributed by atoms with Crippen molar-refractivity contribution in [3.63, 3.8) is 0 Å². The van der Waals surface area contributed by atoms with Crippen LogP contribution in [0.1, 0.15) is 34.6 Å². The van der Waals surface area contributed by atoms with Crippen molar-refractivity contribution in [1.29, 1.82) is 0 Å². The van der Waals surface area contributed by atoms with Crippen molar-refractivity contribution in [2.24, 2.45) is 17.4 Å². The SMILES string of the molecule is C/C(N)=C/C=C(\N)N1CCN(C(=O)C(C)C)CC1.CC. The van der Waals surface area contributed by atoms with Crippen LogP contribution in [-0.4, -0.2) is 41.9 Å². The molecule has 1 fully saturated rings. The number of nitrogens with two attached hydrogens (primary N) is 2. The van der Waals surface area contributed by atoms with Gasteiger partial charge in [0.1, 0.15) is 0 Å². The summed E-state index contributed by atoms with van der Waals surface area (Å²) in [6.07, 6.45) is 3.61. The van der Waals surface area contributed by atoms with E-state index in [2.05, 4.69) is 4.90 Å². The Kier molecular flexibility index (Phi) is 8.52. The predicted octanol–water partition coefficient (Wildman–Crippen LogP) is 1.48. The highest BCUT2D eigenvalue weighted by Crippen LogP contribution is 2.09. The molecule has 0 aliphatic carbocycles. The third-order valence-electron chi connectivity index (χ3n) is 2.97. The molecule has 0 atom stereocenters. The first kappa shape index (κ1) is 18.4. The van der Waals surface area contributed by atoms with Crippen LogP contribution in [-0.2, 0) is 4.79 Å². The van der Waals surface area contributed by atoms with Crippen LogP contribution in [0, 0.1) is 5.92 Å². The van der Waals surface area contributed by atoms with Crippen LogP contribution in [0.25, 0.3) is 0 Å². The maximum absolute atomic E-state index is 11.8. The molecule has 1 aliphatic heterocycles. The van der Waals surface area contributed by atoms with Gasteiger partial charge in [-0.05, 0) is 19.1 Å². The van der Waals surface area contributed by atoms with E-state index in [0.29, 0.717) is 5.82 Å². The normalized spacial score (nSPS) is 16.9. The first-order valence-corrected chi connectivity index (χ1v) is 7.35. The van der Waals surface area contributed by atoms with Gasteiger partial charge in [0.05, 0.1) is 5.82 Å². The van der Waals surface area contributed by atoms with E-state index in [1.807, 2.05) is 45.6 Å². The molecule has 116 valence electrons. The standard InChI is InChI=1S/C13H24N4O.C2H6/c1-10(2)13(18)17-8-6-16(7-9-17)12(15)5-4-11(3)14;1-2/h4-5,10H,6-9,14-15H2,1-3H3;1-2H3/b11-4-,12-5+;. The van der Waals surface area contributed by atoms with Gasteiger partial charge < -0.3 is 21.3 Å². The lowest BCUT2D eigenvalue weighted by Crippen LogP contribution is -2.50. The molecule has 0 aromatic rings. The molecular weight excluding hydrogens is 252 g/mol. The number of amides is 1. The lowest BCUT2D eigenvalue weighted by molar-refractivity contribution is -0.135. The molecule has 1 rings (SSSR count). The first-order valence-electron chi connectivity index (χ1n) is 7.35. The van der Waals surface area contributed by atoms with Gasteiger partial charge in [0.15, 0.2) is 0 Å². The Balaban J connectivity index is 0.00000172. The van der Waals surface area contributed by atoms with Crippen molar-refractivity contribution in [2.75, 3.05) is 26.2 Å². The first-order chi connectivity index (χ1) is 9.41. The third kappa shape index (κ3) is 5.99. The topological polar surface area (TPSA) is 75.6 Å². The van der Waals surface area contributed by atoms with Gasteiger partial charge in [-0.3, -0.25) is 4.79 Å². The molecule has 0 aromatic carbocycles. The van der Waals surface area contributed by atoms with Crippen molar-refractivity contribution in [3.8, 4) is 0 Å². The second kappa shape index (κ2) is 9.28. The summed E-state index contributed by atoms with van der Waals surface area (Å²) in [5, 5.41) is 0. The van der Waals surface area contributed by atoms with E-state index in [1.165, 1.54) is 0 Å². The molecule has 0 aromatic heterocycles. The lowest BCUT2D eigenvalue weighted by atomic mass is 10.1. The van der Waals surface area contributed by atoms with Crippen molar-refractivity contribution in [2.45, 2.75) is 34.6 Å². The van der Waals surface area contributed by atoms with Gasteiger partial charge in [0.2, 0.25) is 5.91 Å². The average Bonchev–Trinajstić information content (AvgIpc) is 2.46. The van der Waals surface area contributed by atoms with Gasteiger partial charge in [0, 0.05) is 37.8 Å². The van der Waals surface area contributed by atoms with E-state index in [0.717, 1.165) is 31.9 Å². The number of nitrogens with zero attached hydrogens (tertiary/aromatic N) is 2. The highest BCUT2D eigenvalue weighted by atomic mass is 16.2. The Labute approximate surface area is 123 Å². The van der Waals surface area contributed by atoms with E-state index in [9.17, 15) is 4.79 Å². The van der Waals surface area contributed by atoms with Crippen LogP contribution in [0.15, 0.2) is 23.7 Å². The number of allylic oxidation sites excluding steroid dienone is 3. The van der Waals surface area contributed by atoms with Gasteiger partial charge >= 0.3 is 0 Å². The number of carbonyl (C=O) groups is 1. The summed E-state index contributed by atoms with van der Waals surface area (Å²) in [5.41, 5.74) is 12.2. The number of piperazine rings is 1. The van der Waals surface area contributed by atoms with Crippen molar-refractivity contribution in [1.82, 2.24) is 9.80 Å². The Morgan fingerprint density at radius 1 is 1.00 bits per heavy atom. The summed E-state index contributed by atoms with van der Waals surface area (Å²) in [6.45, 7) is 12.7. The monoisotopic (exact) mass is 282 g/mol. The molecular formula is C15H30N4O. The summed E-state index contributed by atoms with van der Waals surface area (Å²) >= 11 is 0. The summed E-state index contributed by atoms with van der Waals surface area (Å²) in [5.74, 6) is 0.985. The fourth-order valence-corrected chi connectivity index (χ4v) is 1.87. The minimum absolute atomic E-state index is 0.0623. The quantitative estimate of drug-likeness (QED) is 0.769. The maximum Gasteiger partial charge on any atom is 0.225 e. The molecule has 0 unspecified atom stereocenters. The van der Waals surface area contributed by atoms with E-state index >= 15 is 0 Å². The van der Waals surface area contributed by atoms with Gasteiger partial charge in [-0.2, -0.15) is 0 Å². The van der Waals surface area contributed by atoms with Crippen LogP contribution < -0.4 is 11.5 Å². The molecule has 0 radical (unpaired) electrons. The smallest absolute Gasteiger partial charge is 0.225 e. The Morgan fingerprint density at radius 2 is 1.45 bits per heavy atom. The Bertz CT molecular complexity index is 349.